The van der Waals surface area contributed by atoms with Crippen molar-refractivity contribution in [3.05, 3.63) is 0 Å². The van der Waals surface area contributed by atoms with Crippen molar-refractivity contribution in [2.45, 2.75) is 64.0 Å². The number of carbonyl (C=O) groups excluding carboxylic acids is 4. The predicted octanol–water partition coefficient (Wildman–Crippen LogP) is -0.0762. The summed E-state index contributed by atoms with van der Waals surface area (Å²) in [6, 6.07) is -1.15. The zero-order valence-corrected chi connectivity index (χ0v) is 19.3. The van der Waals surface area contributed by atoms with Gasteiger partial charge >= 0.3 is 18.0 Å². The third kappa shape index (κ3) is 5.10. The van der Waals surface area contributed by atoms with E-state index >= 15 is 0 Å². The molecule has 2 rings (SSSR count). The lowest BCUT2D eigenvalue weighted by atomic mass is 9.93. The highest BCUT2D eigenvalue weighted by molar-refractivity contribution is 7.92. The molecule has 1 saturated carbocycles. The van der Waals surface area contributed by atoms with Crippen LogP contribution in [0.3, 0.4) is 0 Å². The Morgan fingerprint density at radius 2 is 1.68 bits per heavy atom. The number of rotatable bonds is 7. The number of nitrogens with one attached hydrogen (secondary N) is 2. The standard InChI is InChI=1S/C19H30N2O9S/c1-7-28-15(23)11-12-13(11)31(26,27)9-19(12,16(24)29-8-2)21-14(22)10(3)20-17(25)30-18(4,5)6/h10-13H,7-9H2,1-6H3,(H,20,25)(H,21,22)/t10-,11+,12+,13-,19-/m0/s1. The van der Waals surface area contributed by atoms with Crippen LogP contribution < -0.4 is 10.6 Å². The fraction of sp³-hybridized carbons (Fsp3) is 0.789. The van der Waals surface area contributed by atoms with Crippen LogP contribution in [0.2, 0.25) is 0 Å². The van der Waals surface area contributed by atoms with Gasteiger partial charge in [0.05, 0.1) is 30.1 Å². The number of sulfone groups is 1. The molecule has 2 aliphatic rings. The second kappa shape index (κ2) is 8.64. The van der Waals surface area contributed by atoms with Gasteiger partial charge in [0.25, 0.3) is 0 Å². The summed E-state index contributed by atoms with van der Waals surface area (Å²) in [7, 11) is -3.88. The van der Waals surface area contributed by atoms with Gasteiger partial charge in [0.2, 0.25) is 5.91 Å². The molecule has 12 heteroatoms. The molecule has 0 aromatic heterocycles. The number of amides is 2. The Morgan fingerprint density at radius 1 is 1.10 bits per heavy atom. The van der Waals surface area contributed by atoms with Crippen molar-refractivity contribution in [1.82, 2.24) is 10.6 Å². The zero-order chi connectivity index (χ0) is 23.8. The quantitative estimate of drug-likeness (QED) is 0.390. The van der Waals surface area contributed by atoms with E-state index in [1.54, 1.807) is 27.7 Å². The maximum atomic E-state index is 12.8. The first kappa shape index (κ1) is 24.9. The topological polar surface area (TPSA) is 154 Å². The Morgan fingerprint density at radius 3 is 2.19 bits per heavy atom. The van der Waals surface area contributed by atoms with E-state index in [9.17, 15) is 27.6 Å². The number of hydrogen-bond acceptors (Lipinski definition) is 9. The van der Waals surface area contributed by atoms with Crippen LogP contribution in [-0.2, 0) is 38.4 Å². The average molecular weight is 463 g/mol. The van der Waals surface area contributed by atoms with E-state index in [4.69, 9.17) is 14.2 Å². The summed E-state index contributed by atoms with van der Waals surface area (Å²) in [5.74, 6) is -5.29. The molecular weight excluding hydrogens is 432 g/mol. The molecule has 1 saturated heterocycles. The Hall–Kier alpha value is -2.37. The van der Waals surface area contributed by atoms with Crippen LogP contribution in [0.5, 0.6) is 0 Å². The first-order chi connectivity index (χ1) is 14.2. The molecule has 1 heterocycles. The van der Waals surface area contributed by atoms with Crippen LogP contribution >= 0.6 is 0 Å². The van der Waals surface area contributed by atoms with Gasteiger partial charge in [-0.25, -0.2) is 18.0 Å². The summed E-state index contributed by atoms with van der Waals surface area (Å²) in [5, 5.41) is 3.65. The van der Waals surface area contributed by atoms with E-state index in [2.05, 4.69) is 10.6 Å². The second-order valence-electron chi connectivity index (χ2n) is 8.62. The van der Waals surface area contributed by atoms with Crippen LogP contribution in [0.1, 0.15) is 41.5 Å². The molecule has 0 spiro atoms. The SMILES string of the molecule is CCOC(=O)[C@@H]1[C@@H]2[C@H]1S(=O)(=O)C[C@@]2(NC(=O)[C@H](C)NC(=O)OC(C)(C)C)C(=O)OCC. The first-order valence-electron chi connectivity index (χ1n) is 10.1. The van der Waals surface area contributed by atoms with E-state index in [-0.39, 0.29) is 13.2 Å². The Kier molecular flexibility index (Phi) is 6.94. The van der Waals surface area contributed by atoms with Crippen molar-refractivity contribution < 1.29 is 41.8 Å². The molecular formula is C19H30N2O9S. The summed E-state index contributed by atoms with van der Waals surface area (Å²) in [6.45, 7) is 9.42. The molecule has 0 aromatic carbocycles. The van der Waals surface area contributed by atoms with Gasteiger partial charge in [-0.3, -0.25) is 9.59 Å². The van der Waals surface area contributed by atoms with Crippen molar-refractivity contribution in [3.63, 3.8) is 0 Å². The molecule has 31 heavy (non-hydrogen) atoms. The molecule has 11 nitrogen and oxygen atoms in total. The highest BCUT2D eigenvalue weighted by atomic mass is 32.2. The first-order valence-corrected chi connectivity index (χ1v) is 11.8. The molecule has 2 fully saturated rings. The van der Waals surface area contributed by atoms with Gasteiger partial charge in [-0.2, -0.15) is 0 Å². The van der Waals surface area contributed by atoms with Crippen molar-refractivity contribution in [3.8, 4) is 0 Å². The maximum Gasteiger partial charge on any atom is 0.408 e. The Labute approximate surface area is 181 Å². The molecule has 0 bridgehead atoms. The monoisotopic (exact) mass is 462 g/mol. The summed E-state index contributed by atoms with van der Waals surface area (Å²) in [5.41, 5.74) is -2.74. The summed E-state index contributed by atoms with van der Waals surface area (Å²) < 4.78 is 40.4. The minimum absolute atomic E-state index is 0.0461. The van der Waals surface area contributed by atoms with Gasteiger partial charge in [0, 0.05) is 5.92 Å². The van der Waals surface area contributed by atoms with E-state index in [0.29, 0.717) is 0 Å². The molecule has 0 unspecified atom stereocenters. The molecule has 5 atom stereocenters. The molecule has 0 aromatic rings. The minimum atomic E-state index is -3.88. The van der Waals surface area contributed by atoms with Gasteiger partial charge < -0.3 is 24.8 Å². The van der Waals surface area contributed by atoms with E-state index in [1.807, 2.05) is 0 Å². The molecule has 1 aliphatic carbocycles. The fourth-order valence-corrected chi connectivity index (χ4v) is 6.54. The number of fused-ring (bicyclic) bond motifs is 1. The molecule has 1 aliphatic heterocycles. The highest BCUT2D eigenvalue weighted by Gasteiger charge is 2.79. The van der Waals surface area contributed by atoms with Crippen molar-refractivity contribution in [2.75, 3.05) is 19.0 Å². The van der Waals surface area contributed by atoms with Crippen LogP contribution in [-0.4, -0.2) is 73.8 Å². The third-order valence-electron chi connectivity index (χ3n) is 5.04. The Bertz CT molecular complexity index is 864. The number of ether oxygens (including phenoxy) is 3. The lowest BCUT2D eigenvalue weighted by Crippen LogP contribution is -2.62. The van der Waals surface area contributed by atoms with Crippen LogP contribution in [0.25, 0.3) is 0 Å². The van der Waals surface area contributed by atoms with Gasteiger partial charge in [0.15, 0.2) is 15.4 Å². The van der Waals surface area contributed by atoms with E-state index in [0.717, 1.165) is 0 Å². The lowest BCUT2D eigenvalue weighted by molar-refractivity contribution is -0.154. The van der Waals surface area contributed by atoms with Crippen LogP contribution in [0.15, 0.2) is 0 Å². The number of hydrogen-bond donors (Lipinski definition) is 2. The number of esters is 2. The molecule has 2 amide bonds. The summed E-state index contributed by atoms with van der Waals surface area (Å²) >= 11 is 0. The molecule has 176 valence electrons. The van der Waals surface area contributed by atoms with Gasteiger partial charge in [-0.05, 0) is 41.5 Å². The lowest BCUT2D eigenvalue weighted by Gasteiger charge is -2.31. The molecule has 0 radical (unpaired) electrons. The fourth-order valence-electron chi connectivity index (χ4n) is 3.85. The third-order valence-corrected chi connectivity index (χ3v) is 7.31. The highest BCUT2D eigenvalue weighted by Crippen LogP contribution is 2.58. The van der Waals surface area contributed by atoms with Crippen LogP contribution in [0.4, 0.5) is 4.79 Å². The van der Waals surface area contributed by atoms with Gasteiger partial charge in [-0.15, -0.1) is 0 Å². The average Bonchev–Trinajstić information content (AvgIpc) is 3.32. The number of carbonyl (C=O) groups is 4. The second-order valence-corrected chi connectivity index (χ2v) is 10.8. The normalized spacial score (nSPS) is 29.2. The van der Waals surface area contributed by atoms with Crippen molar-refractivity contribution in [2.24, 2.45) is 11.8 Å². The zero-order valence-electron chi connectivity index (χ0n) is 18.5. The van der Waals surface area contributed by atoms with E-state index < -0.39 is 73.8 Å². The predicted molar refractivity (Wildman–Crippen MR) is 108 cm³/mol. The summed E-state index contributed by atoms with van der Waals surface area (Å²) in [4.78, 5) is 49.8. The van der Waals surface area contributed by atoms with Crippen LogP contribution in [0, 0.1) is 11.8 Å². The molecule has 2 N–H and O–H groups in total. The number of alkyl carbamates (subject to hydrolysis) is 1. The van der Waals surface area contributed by atoms with Crippen molar-refractivity contribution >= 4 is 33.8 Å². The van der Waals surface area contributed by atoms with Gasteiger partial charge in [-0.1, -0.05) is 0 Å². The smallest absolute Gasteiger partial charge is 0.408 e. The van der Waals surface area contributed by atoms with Gasteiger partial charge in [0.1, 0.15) is 11.6 Å². The van der Waals surface area contributed by atoms with Crippen molar-refractivity contribution in [1.29, 1.82) is 0 Å². The minimum Gasteiger partial charge on any atom is -0.466 e. The Balaban J connectivity index is 2.27. The summed E-state index contributed by atoms with van der Waals surface area (Å²) in [6.07, 6.45) is -0.854. The van der Waals surface area contributed by atoms with E-state index in [1.165, 1.54) is 13.8 Å². The largest absolute Gasteiger partial charge is 0.466 e. The maximum absolute atomic E-state index is 12.8.